The van der Waals surface area contributed by atoms with E-state index in [0.717, 1.165) is 31.5 Å². The number of likely N-dealkylation sites (tertiary alicyclic amines) is 1. The molecule has 0 radical (unpaired) electrons. The second-order valence-corrected chi connectivity index (χ2v) is 5.97. The van der Waals surface area contributed by atoms with Gasteiger partial charge in [-0.15, -0.1) is 0 Å². The average Bonchev–Trinajstić information content (AvgIpc) is 2.54. The zero-order valence-corrected chi connectivity index (χ0v) is 11.9. The Balaban J connectivity index is 1.83. The van der Waals surface area contributed by atoms with Crippen molar-refractivity contribution in [1.29, 1.82) is 0 Å². The molecule has 1 aromatic carbocycles. The highest BCUT2D eigenvalue weighted by Crippen LogP contribution is 2.21. The van der Waals surface area contributed by atoms with Gasteiger partial charge in [-0.2, -0.15) is 0 Å². The molecule has 1 aliphatic heterocycles. The van der Waals surface area contributed by atoms with Gasteiger partial charge in [-0.05, 0) is 50.4 Å². The molecule has 0 amide bonds. The van der Waals surface area contributed by atoms with Gasteiger partial charge in [0.05, 0.1) is 12.1 Å². The van der Waals surface area contributed by atoms with E-state index in [2.05, 4.69) is 4.90 Å². The minimum Gasteiger partial charge on any atom is -0.390 e. The van der Waals surface area contributed by atoms with Crippen LogP contribution in [0.1, 0.15) is 31.7 Å². The maximum Gasteiger partial charge on any atom is 0.151 e. The second-order valence-electron chi connectivity index (χ2n) is 5.97. The molecule has 1 atom stereocenters. The van der Waals surface area contributed by atoms with Crippen molar-refractivity contribution in [3.63, 3.8) is 0 Å². The Labute approximate surface area is 119 Å². The lowest BCUT2D eigenvalue weighted by molar-refractivity contribution is -0.119. The summed E-state index contributed by atoms with van der Waals surface area (Å²) in [5.41, 5.74) is 0.243. The molecule has 4 heteroatoms. The lowest BCUT2D eigenvalue weighted by atomic mass is 9.98. The molecule has 0 aliphatic carbocycles. The molecule has 0 spiro atoms. The summed E-state index contributed by atoms with van der Waals surface area (Å²) in [4.78, 5) is 14.1. The van der Waals surface area contributed by atoms with Crippen molar-refractivity contribution in [3.05, 3.63) is 35.6 Å². The number of carbonyl (C=O) groups is 1. The number of ketones is 1. The quantitative estimate of drug-likeness (QED) is 0.918. The molecule has 1 fully saturated rings. The molecular weight excluding hydrogens is 257 g/mol. The number of benzene rings is 1. The third kappa shape index (κ3) is 4.69. The summed E-state index contributed by atoms with van der Waals surface area (Å²) in [5.74, 6) is -0.144. The van der Waals surface area contributed by atoms with Crippen LogP contribution >= 0.6 is 0 Å². The van der Waals surface area contributed by atoms with Crippen LogP contribution in [0.5, 0.6) is 0 Å². The molecule has 1 N–H and O–H groups in total. The van der Waals surface area contributed by atoms with E-state index in [1.807, 2.05) is 6.92 Å². The first-order chi connectivity index (χ1) is 9.44. The number of rotatable bonds is 4. The van der Waals surface area contributed by atoms with Gasteiger partial charge in [0.15, 0.2) is 5.78 Å². The van der Waals surface area contributed by atoms with Crippen LogP contribution in [0.15, 0.2) is 24.3 Å². The predicted octanol–water partition coefficient (Wildman–Crippen LogP) is 2.17. The van der Waals surface area contributed by atoms with Crippen molar-refractivity contribution in [2.24, 2.45) is 0 Å². The predicted molar refractivity (Wildman–Crippen MR) is 76.0 cm³/mol. The number of carbonyl (C=O) groups excluding carboxylic acids is 1. The number of hydrogen-bond donors (Lipinski definition) is 1. The van der Waals surface area contributed by atoms with Gasteiger partial charge in [0, 0.05) is 13.0 Å². The summed E-state index contributed by atoms with van der Waals surface area (Å²) >= 11 is 0. The fourth-order valence-corrected chi connectivity index (χ4v) is 2.61. The zero-order valence-electron chi connectivity index (χ0n) is 11.9. The summed E-state index contributed by atoms with van der Waals surface area (Å²) in [6.45, 7) is 3.87. The molecule has 1 aliphatic rings. The maximum atomic E-state index is 12.8. The first-order valence-electron chi connectivity index (χ1n) is 7.15. The Morgan fingerprint density at radius 3 is 2.70 bits per heavy atom. The first kappa shape index (κ1) is 15.1. The van der Waals surface area contributed by atoms with Crippen LogP contribution < -0.4 is 0 Å². The van der Waals surface area contributed by atoms with Crippen LogP contribution in [0.4, 0.5) is 4.39 Å². The van der Waals surface area contributed by atoms with E-state index >= 15 is 0 Å². The second kappa shape index (κ2) is 6.46. The van der Waals surface area contributed by atoms with Crippen LogP contribution in [0.25, 0.3) is 0 Å². The molecule has 1 heterocycles. The lowest BCUT2D eigenvalue weighted by Gasteiger charge is -2.21. The van der Waals surface area contributed by atoms with Crippen molar-refractivity contribution in [1.82, 2.24) is 4.90 Å². The molecule has 2 rings (SSSR count). The van der Waals surface area contributed by atoms with Gasteiger partial charge < -0.3 is 5.11 Å². The summed E-state index contributed by atoms with van der Waals surface area (Å²) in [6, 6.07) is 6.07. The molecule has 110 valence electrons. The zero-order chi connectivity index (χ0) is 14.6. The van der Waals surface area contributed by atoms with E-state index < -0.39 is 5.60 Å². The van der Waals surface area contributed by atoms with Crippen molar-refractivity contribution in [3.8, 4) is 0 Å². The van der Waals surface area contributed by atoms with E-state index in [0.29, 0.717) is 19.4 Å². The number of nitrogens with zero attached hydrogens (tertiary/aromatic N) is 1. The Morgan fingerprint density at radius 1 is 1.30 bits per heavy atom. The van der Waals surface area contributed by atoms with Crippen molar-refractivity contribution < 1.29 is 14.3 Å². The van der Waals surface area contributed by atoms with Gasteiger partial charge >= 0.3 is 0 Å². The highest BCUT2D eigenvalue weighted by molar-refractivity contribution is 5.82. The normalized spacial score (nSPS) is 24.4. The van der Waals surface area contributed by atoms with Crippen molar-refractivity contribution in [2.75, 3.05) is 19.6 Å². The molecule has 3 nitrogen and oxygen atoms in total. The molecule has 1 aromatic rings. The fraction of sp³-hybridized carbons (Fsp3) is 0.562. The standard InChI is InChI=1S/C16H22FNO2/c1-16(20)7-2-9-18(10-8-16)12-15(19)11-13-3-5-14(17)6-4-13/h3-6,20H,2,7-12H2,1H3. The van der Waals surface area contributed by atoms with Crippen LogP contribution in [0.3, 0.4) is 0 Å². The lowest BCUT2D eigenvalue weighted by Crippen LogP contribution is -2.33. The third-order valence-electron chi connectivity index (χ3n) is 3.87. The van der Waals surface area contributed by atoms with Crippen LogP contribution in [-0.4, -0.2) is 41.0 Å². The van der Waals surface area contributed by atoms with E-state index in [4.69, 9.17) is 0 Å². The van der Waals surface area contributed by atoms with Crippen LogP contribution in [0.2, 0.25) is 0 Å². The van der Waals surface area contributed by atoms with Crippen LogP contribution in [0, 0.1) is 5.82 Å². The van der Waals surface area contributed by atoms with Gasteiger partial charge in [-0.3, -0.25) is 9.69 Å². The SMILES string of the molecule is CC1(O)CCCN(CC(=O)Cc2ccc(F)cc2)CC1. The summed E-state index contributed by atoms with van der Waals surface area (Å²) in [5, 5.41) is 10.0. The van der Waals surface area contributed by atoms with E-state index in [1.165, 1.54) is 12.1 Å². The minimum absolute atomic E-state index is 0.137. The minimum atomic E-state index is -0.602. The van der Waals surface area contributed by atoms with Crippen molar-refractivity contribution >= 4 is 5.78 Å². The molecule has 0 bridgehead atoms. The van der Waals surface area contributed by atoms with E-state index in [9.17, 15) is 14.3 Å². The Morgan fingerprint density at radius 2 is 2.00 bits per heavy atom. The van der Waals surface area contributed by atoms with Gasteiger partial charge in [0.2, 0.25) is 0 Å². The fourth-order valence-electron chi connectivity index (χ4n) is 2.61. The number of halogens is 1. The largest absolute Gasteiger partial charge is 0.390 e. The molecule has 0 saturated carbocycles. The molecule has 0 aromatic heterocycles. The summed E-state index contributed by atoms with van der Waals surface area (Å²) < 4.78 is 12.8. The topological polar surface area (TPSA) is 40.5 Å². The monoisotopic (exact) mass is 279 g/mol. The third-order valence-corrected chi connectivity index (χ3v) is 3.87. The smallest absolute Gasteiger partial charge is 0.151 e. The number of hydrogen-bond acceptors (Lipinski definition) is 3. The highest BCUT2D eigenvalue weighted by Gasteiger charge is 2.25. The van der Waals surface area contributed by atoms with Gasteiger partial charge in [0.25, 0.3) is 0 Å². The highest BCUT2D eigenvalue weighted by atomic mass is 19.1. The van der Waals surface area contributed by atoms with E-state index in [1.54, 1.807) is 12.1 Å². The summed E-state index contributed by atoms with van der Waals surface area (Å²) in [7, 11) is 0. The number of Topliss-reactive ketones (excluding diaryl/α,β-unsaturated/α-hetero) is 1. The Bertz CT molecular complexity index is 456. The number of aliphatic hydroxyl groups is 1. The molecular formula is C16H22FNO2. The molecule has 20 heavy (non-hydrogen) atoms. The Kier molecular flexibility index (Phi) is 4.89. The first-order valence-corrected chi connectivity index (χ1v) is 7.15. The maximum absolute atomic E-state index is 12.8. The molecule has 1 unspecified atom stereocenters. The summed E-state index contributed by atoms with van der Waals surface area (Å²) in [6.07, 6.45) is 2.75. The van der Waals surface area contributed by atoms with Gasteiger partial charge in [0.1, 0.15) is 5.82 Å². The van der Waals surface area contributed by atoms with Crippen molar-refractivity contribution in [2.45, 2.75) is 38.2 Å². The van der Waals surface area contributed by atoms with Crippen LogP contribution in [-0.2, 0) is 11.2 Å². The molecule has 1 saturated heterocycles. The van der Waals surface area contributed by atoms with Gasteiger partial charge in [-0.1, -0.05) is 12.1 Å². The Hall–Kier alpha value is -1.26. The van der Waals surface area contributed by atoms with E-state index in [-0.39, 0.29) is 11.6 Å². The average molecular weight is 279 g/mol. The van der Waals surface area contributed by atoms with Gasteiger partial charge in [-0.25, -0.2) is 4.39 Å².